The van der Waals surface area contributed by atoms with Gasteiger partial charge >= 0.3 is 0 Å². The molecule has 2 saturated heterocycles. The molecule has 0 bridgehead atoms. The van der Waals surface area contributed by atoms with Crippen molar-refractivity contribution in [2.45, 2.75) is 31.7 Å². The molecule has 1 amide bonds. The molecule has 0 radical (unpaired) electrons. The van der Waals surface area contributed by atoms with Gasteiger partial charge in [0.1, 0.15) is 5.75 Å². The zero-order valence-electron chi connectivity index (χ0n) is 17.1. The lowest BCUT2D eigenvalue weighted by molar-refractivity contribution is 0.0772. The molecule has 4 rings (SSSR count). The molecule has 2 fully saturated rings. The van der Waals surface area contributed by atoms with Crippen molar-refractivity contribution < 1.29 is 9.53 Å². The highest BCUT2D eigenvalue weighted by atomic mass is 35.5. The van der Waals surface area contributed by atoms with E-state index in [9.17, 15) is 4.79 Å². The molecule has 2 aliphatic rings. The maximum atomic E-state index is 12.7. The summed E-state index contributed by atoms with van der Waals surface area (Å²) in [5, 5.41) is 2.22. The van der Waals surface area contributed by atoms with Gasteiger partial charge in [-0.3, -0.25) is 4.79 Å². The summed E-state index contributed by atoms with van der Waals surface area (Å²) in [6.07, 6.45) is 5.02. The van der Waals surface area contributed by atoms with Crippen molar-refractivity contribution in [1.29, 1.82) is 0 Å². The van der Waals surface area contributed by atoms with Crippen molar-refractivity contribution in [3.05, 3.63) is 42.0 Å². The number of thioether (sulfide) groups is 1. The number of hydrogen-bond acceptors (Lipinski definition) is 4. The number of carbonyl (C=O) groups is 1. The smallest absolute Gasteiger partial charge is 0.253 e. The molecule has 0 saturated carbocycles. The fraction of sp³-hybridized carbons (Fsp3) is 0.522. The first kappa shape index (κ1) is 22.3. The van der Waals surface area contributed by atoms with Gasteiger partial charge in [0.25, 0.3) is 5.91 Å². The van der Waals surface area contributed by atoms with Gasteiger partial charge in [0.05, 0.1) is 6.61 Å². The van der Waals surface area contributed by atoms with Gasteiger partial charge in [-0.05, 0) is 67.9 Å². The maximum Gasteiger partial charge on any atom is 0.253 e. The summed E-state index contributed by atoms with van der Waals surface area (Å²) in [4.78, 5) is 17.2. The molecule has 1 atom stereocenters. The topological polar surface area (TPSA) is 32.8 Å². The van der Waals surface area contributed by atoms with Crippen LogP contribution in [-0.2, 0) is 0 Å². The number of fused-ring (bicyclic) bond motifs is 1. The molecule has 158 valence electrons. The van der Waals surface area contributed by atoms with Crippen LogP contribution in [0.25, 0.3) is 10.8 Å². The van der Waals surface area contributed by atoms with Crippen molar-refractivity contribution in [2.75, 3.05) is 44.8 Å². The first-order chi connectivity index (χ1) is 13.7. The first-order valence-corrected chi connectivity index (χ1v) is 11.6. The zero-order chi connectivity index (χ0) is 19.3. The van der Waals surface area contributed by atoms with Gasteiger partial charge in [-0.15, -0.1) is 12.4 Å². The normalized spacial score (nSPS) is 20.3. The molecule has 0 spiro atoms. The SMILES string of the molecule is CN1CCCCC1CCOc1ccc2cc(C(=O)N3CCSCC3)ccc2c1.Cl. The Balaban J connectivity index is 0.00000240. The molecular formula is C23H31ClN2O2S. The molecule has 0 N–H and O–H groups in total. The average molecular weight is 435 g/mol. The number of hydrogen-bond donors (Lipinski definition) is 0. The van der Waals surface area contributed by atoms with Crippen LogP contribution in [0, 0.1) is 0 Å². The third-order valence-corrected chi connectivity index (χ3v) is 6.94. The minimum absolute atomic E-state index is 0. The predicted octanol–water partition coefficient (Wildman–Crippen LogP) is 4.70. The van der Waals surface area contributed by atoms with Crippen LogP contribution in [0.1, 0.15) is 36.0 Å². The van der Waals surface area contributed by atoms with E-state index in [2.05, 4.69) is 24.1 Å². The lowest BCUT2D eigenvalue weighted by Crippen LogP contribution is -2.37. The minimum Gasteiger partial charge on any atom is -0.494 e. The summed E-state index contributed by atoms with van der Waals surface area (Å²) in [5.41, 5.74) is 0.786. The summed E-state index contributed by atoms with van der Waals surface area (Å²) in [7, 11) is 2.22. The summed E-state index contributed by atoms with van der Waals surface area (Å²) < 4.78 is 6.03. The molecule has 0 aromatic heterocycles. The van der Waals surface area contributed by atoms with E-state index < -0.39 is 0 Å². The lowest BCUT2D eigenvalue weighted by atomic mass is 10.0. The number of nitrogens with zero attached hydrogens (tertiary/aromatic N) is 2. The van der Waals surface area contributed by atoms with Gasteiger partial charge in [-0.2, -0.15) is 11.8 Å². The van der Waals surface area contributed by atoms with Crippen LogP contribution in [0.4, 0.5) is 0 Å². The number of ether oxygens (including phenoxy) is 1. The van der Waals surface area contributed by atoms with Gasteiger partial charge in [-0.1, -0.05) is 18.6 Å². The van der Waals surface area contributed by atoms with Crippen LogP contribution in [0.2, 0.25) is 0 Å². The molecule has 4 nitrogen and oxygen atoms in total. The monoisotopic (exact) mass is 434 g/mol. The van der Waals surface area contributed by atoms with Crippen LogP contribution in [0.3, 0.4) is 0 Å². The summed E-state index contributed by atoms with van der Waals surface area (Å²) in [6.45, 7) is 3.66. The van der Waals surface area contributed by atoms with Gasteiger partial charge in [-0.25, -0.2) is 0 Å². The van der Waals surface area contributed by atoms with Gasteiger partial charge in [0, 0.05) is 36.2 Å². The molecule has 29 heavy (non-hydrogen) atoms. The van der Waals surface area contributed by atoms with Gasteiger partial charge in [0.15, 0.2) is 0 Å². The second-order valence-corrected chi connectivity index (χ2v) is 9.12. The average Bonchev–Trinajstić information content (AvgIpc) is 2.75. The minimum atomic E-state index is 0. The Labute approximate surface area is 184 Å². The predicted molar refractivity (Wildman–Crippen MR) is 125 cm³/mol. The number of benzene rings is 2. The molecule has 2 aromatic rings. The Bertz CT molecular complexity index is 826. The van der Waals surface area contributed by atoms with Crippen molar-refractivity contribution in [3.63, 3.8) is 0 Å². The zero-order valence-corrected chi connectivity index (χ0v) is 18.8. The van der Waals surface area contributed by atoms with E-state index in [1.165, 1.54) is 25.8 Å². The van der Waals surface area contributed by atoms with Crippen LogP contribution in [-0.4, -0.2) is 66.5 Å². The quantitative estimate of drug-likeness (QED) is 0.682. The number of carbonyl (C=O) groups excluding carboxylic acids is 1. The molecule has 1 unspecified atom stereocenters. The van der Waals surface area contributed by atoms with Crippen LogP contribution in [0.5, 0.6) is 5.75 Å². The first-order valence-electron chi connectivity index (χ1n) is 10.4. The van der Waals surface area contributed by atoms with E-state index in [-0.39, 0.29) is 18.3 Å². The van der Waals surface area contributed by atoms with Crippen molar-refractivity contribution >= 4 is 40.8 Å². The van der Waals surface area contributed by atoms with E-state index in [4.69, 9.17) is 4.74 Å². The summed E-state index contributed by atoms with van der Waals surface area (Å²) >= 11 is 1.92. The van der Waals surface area contributed by atoms with Crippen molar-refractivity contribution in [1.82, 2.24) is 9.80 Å². The van der Waals surface area contributed by atoms with Gasteiger partial charge in [0.2, 0.25) is 0 Å². The second-order valence-electron chi connectivity index (χ2n) is 7.90. The van der Waals surface area contributed by atoms with E-state index >= 15 is 0 Å². The number of piperidine rings is 1. The molecule has 2 heterocycles. The Kier molecular flexibility index (Phi) is 8.10. The highest BCUT2D eigenvalue weighted by Gasteiger charge is 2.19. The number of halogens is 1. The third-order valence-electron chi connectivity index (χ3n) is 6.00. The number of likely N-dealkylation sites (tertiary alicyclic amines) is 1. The standard InChI is InChI=1S/C23H30N2O2S.ClH/c1-24-10-3-2-4-21(24)9-13-27-22-8-7-18-16-20(6-5-19(18)17-22)23(26)25-11-14-28-15-12-25;/h5-8,16-17,21H,2-4,9-15H2,1H3;1H. The fourth-order valence-corrected chi connectivity index (χ4v) is 5.12. The van der Waals surface area contributed by atoms with E-state index in [0.717, 1.165) is 59.7 Å². The highest BCUT2D eigenvalue weighted by molar-refractivity contribution is 7.99. The molecule has 2 aromatic carbocycles. The Morgan fingerprint density at radius 2 is 1.83 bits per heavy atom. The molecule has 0 aliphatic carbocycles. The maximum absolute atomic E-state index is 12.7. The van der Waals surface area contributed by atoms with Crippen LogP contribution < -0.4 is 4.74 Å². The molecule has 6 heteroatoms. The lowest BCUT2D eigenvalue weighted by Gasteiger charge is -2.32. The van der Waals surface area contributed by atoms with Crippen molar-refractivity contribution in [2.24, 2.45) is 0 Å². The highest BCUT2D eigenvalue weighted by Crippen LogP contribution is 2.24. The number of rotatable bonds is 5. The van der Waals surface area contributed by atoms with Crippen LogP contribution in [0.15, 0.2) is 36.4 Å². The Morgan fingerprint density at radius 1 is 1.07 bits per heavy atom. The van der Waals surface area contributed by atoms with Crippen molar-refractivity contribution in [3.8, 4) is 5.75 Å². The fourth-order valence-electron chi connectivity index (χ4n) is 4.22. The second kappa shape index (κ2) is 10.6. The largest absolute Gasteiger partial charge is 0.494 e. The van der Waals surface area contributed by atoms with E-state index in [1.54, 1.807) is 0 Å². The molecule has 2 aliphatic heterocycles. The molecular weight excluding hydrogens is 404 g/mol. The van der Waals surface area contributed by atoms with Crippen LogP contribution >= 0.6 is 24.2 Å². The summed E-state index contributed by atoms with van der Waals surface area (Å²) in [5.74, 6) is 3.14. The number of amides is 1. The third kappa shape index (κ3) is 5.59. The Hall–Kier alpha value is -1.43. The van der Waals surface area contributed by atoms with Gasteiger partial charge < -0.3 is 14.5 Å². The van der Waals surface area contributed by atoms with E-state index in [1.807, 2.05) is 40.9 Å². The van der Waals surface area contributed by atoms with E-state index in [0.29, 0.717) is 6.04 Å². The Morgan fingerprint density at radius 3 is 2.62 bits per heavy atom. The summed E-state index contributed by atoms with van der Waals surface area (Å²) in [6, 6.07) is 12.8.